The van der Waals surface area contributed by atoms with Gasteiger partial charge >= 0.3 is 0 Å². The van der Waals surface area contributed by atoms with Gasteiger partial charge < -0.3 is 14.2 Å². The van der Waals surface area contributed by atoms with Crippen molar-refractivity contribution in [3.8, 4) is 11.4 Å². The Morgan fingerprint density at radius 1 is 1.00 bits per heavy atom. The quantitative estimate of drug-likeness (QED) is 0.536. The Labute approximate surface area is 204 Å². The van der Waals surface area contributed by atoms with E-state index in [-0.39, 0.29) is 5.41 Å². The van der Waals surface area contributed by atoms with Crippen LogP contribution in [0.15, 0.2) is 48.8 Å². The van der Waals surface area contributed by atoms with Crippen molar-refractivity contribution in [1.82, 2.24) is 9.47 Å². The van der Waals surface area contributed by atoms with Gasteiger partial charge in [-0.1, -0.05) is 20.8 Å². The van der Waals surface area contributed by atoms with Gasteiger partial charge in [-0.15, -0.1) is 0 Å². The van der Waals surface area contributed by atoms with E-state index >= 15 is 0 Å². The van der Waals surface area contributed by atoms with Crippen LogP contribution in [0.2, 0.25) is 0 Å². The van der Waals surface area contributed by atoms with Crippen molar-refractivity contribution in [3.05, 3.63) is 48.8 Å². The summed E-state index contributed by atoms with van der Waals surface area (Å²) in [5, 5.41) is 0. The van der Waals surface area contributed by atoms with Gasteiger partial charge in [0.2, 0.25) is 5.91 Å². The van der Waals surface area contributed by atoms with Gasteiger partial charge in [-0.3, -0.25) is 4.79 Å². The highest BCUT2D eigenvalue weighted by Crippen LogP contribution is 2.66. The number of ether oxygens (including phenoxy) is 1. The maximum atomic E-state index is 12.5. The van der Waals surface area contributed by atoms with E-state index in [4.69, 9.17) is 4.74 Å². The van der Waals surface area contributed by atoms with Crippen LogP contribution in [0, 0.1) is 34.5 Å². The van der Waals surface area contributed by atoms with Gasteiger partial charge in [0.05, 0.1) is 6.10 Å². The van der Waals surface area contributed by atoms with Crippen molar-refractivity contribution in [1.29, 1.82) is 0 Å². The van der Waals surface area contributed by atoms with Crippen LogP contribution in [0.3, 0.4) is 0 Å². The molecule has 3 aliphatic carbocycles. The highest BCUT2D eigenvalue weighted by molar-refractivity contribution is 5.77. The molecule has 1 aromatic heterocycles. The lowest BCUT2D eigenvalue weighted by Crippen LogP contribution is -2.62. The van der Waals surface area contributed by atoms with Crippen molar-refractivity contribution >= 4 is 5.91 Å². The number of rotatable bonds is 3. The molecule has 6 rings (SSSR count). The molecular weight excluding hydrogens is 420 g/mol. The van der Waals surface area contributed by atoms with E-state index in [1.54, 1.807) is 0 Å². The van der Waals surface area contributed by atoms with Crippen LogP contribution in [0.25, 0.3) is 5.69 Å². The standard InChI is InChI=1S/C30H40N2O2/c1-20-17-26-30(3,14-12-27(33)31(26)4)24-11-13-29(2)19-23(18-25(29)28(20)24)34-22-9-7-21(8-10-22)32-15-5-6-16-32/h5-10,15-16,20,23-26,28H,11-14,17-19H2,1-4H3/t20?,23-,24-,25-,26+,28?,29+,30+/m0/s1. The Balaban J connectivity index is 1.21. The van der Waals surface area contributed by atoms with Crippen molar-refractivity contribution in [2.45, 2.75) is 77.9 Å². The number of aromatic nitrogens is 1. The molecule has 1 amide bonds. The van der Waals surface area contributed by atoms with Crippen LogP contribution < -0.4 is 4.74 Å². The number of amides is 1. The summed E-state index contributed by atoms with van der Waals surface area (Å²) in [6, 6.07) is 13.1. The van der Waals surface area contributed by atoms with Gasteiger partial charge in [-0.05, 0) is 109 Å². The lowest BCUT2D eigenvalue weighted by Gasteiger charge is -2.63. The van der Waals surface area contributed by atoms with Crippen molar-refractivity contribution in [2.75, 3.05) is 7.05 Å². The topological polar surface area (TPSA) is 34.5 Å². The van der Waals surface area contributed by atoms with E-state index in [1.807, 2.05) is 0 Å². The van der Waals surface area contributed by atoms with E-state index in [1.165, 1.54) is 37.8 Å². The Morgan fingerprint density at radius 2 is 1.74 bits per heavy atom. The molecule has 4 heteroatoms. The molecule has 2 heterocycles. The maximum Gasteiger partial charge on any atom is 0.222 e. The Bertz CT molecular complexity index is 1050. The number of nitrogens with zero attached hydrogens (tertiary/aromatic N) is 2. The van der Waals surface area contributed by atoms with Crippen LogP contribution >= 0.6 is 0 Å². The molecule has 182 valence electrons. The first-order chi connectivity index (χ1) is 16.3. The Kier molecular flexibility index (Phi) is 5.17. The zero-order valence-corrected chi connectivity index (χ0v) is 21.2. The number of benzene rings is 1. The molecule has 0 spiro atoms. The lowest BCUT2D eigenvalue weighted by atomic mass is 9.45. The molecule has 4 fully saturated rings. The molecule has 8 atom stereocenters. The molecule has 1 aliphatic heterocycles. The molecule has 2 unspecified atom stereocenters. The Hall–Kier alpha value is -2.23. The van der Waals surface area contributed by atoms with Gasteiger partial charge in [0.1, 0.15) is 5.75 Å². The van der Waals surface area contributed by atoms with Crippen LogP contribution in [-0.2, 0) is 4.79 Å². The fraction of sp³-hybridized carbons (Fsp3) is 0.633. The third kappa shape index (κ3) is 3.35. The summed E-state index contributed by atoms with van der Waals surface area (Å²) in [4.78, 5) is 14.6. The predicted octanol–water partition coefficient (Wildman–Crippen LogP) is 6.33. The molecule has 0 radical (unpaired) electrons. The van der Waals surface area contributed by atoms with E-state index in [0.29, 0.717) is 29.4 Å². The van der Waals surface area contributed by atoms with Gasteiger partial charge in [-0.2, -0.15) is 0 Å². The van der Waals surface area contributed by atoms with Crippen LogP contribution in [0.5, 0.6) is 5.75 Å². The minimum absolute atomic E-state index is 0.272. The number of carbonyl (C=O) groups is 1. The highest BCUT2D eigenvalue weighted by atomic mass is 16.5. The van der Waals surface area contributed by atoms with Crippen molar-refractivity contribution in [2.24, 2.45) is 34.5 Å². The molecule has 4 nitrogen and oxygen atoms in total. The van der Waals surface area contributed by atoms with Crippen LogP contribution in [-0.4, -0.2) is 34.6 Å². The molecular formula is C30H40N2O2. The molecule has 1 saturated heterocycles. The summed E-state index contributed by atoms with van der Waals surface area (Å²) in [6.45, 7) is 7.54. The molecule has 3 saturated carbocycles. The third-order valence-electron chi connectivity index (χ3n) is 10.7. The second-order valence-corrected chi connectivity index (χ2v) is 12.5. The van der Waals surface area contributed by atoms with Crippen LogP contribution in [0.1, 0.15) is 65.7 Å². The number of hydrogen-bond acceptors (Lipinski definition) is 2. The van der Waals surface area contributed by atoms with Gasteiger partial charge in [0, 0.05) is 37.6 Å². The average Bonchev–Trinajstić information content (AvgIpc) is 3.46. The summed E-state index contributed by atoms with van der Waals surface area (Å²) >= 11 is 0. The first-order valence-corrected chi connectivity index (χ1v) is 13.4. The molecule has 2 aromatic rings. The lowest BCUT2D eigenvalue weighted by molar-refractivity contribution is -0.164. The molecule has 0 bridgehead atoms. The van der Waals surface area contributed by atoms with E-state index in [2.05, 4.69) is 86.1 Å². The van der Waals surface area contributed by atoms with Gasteiger partial charge in [-0.25, -0.2) is 0 Å². The molecule has 1 aromatic carbocycles. The summed E-state index contributed by atoms with van der Waals surface area (Å²) in [5.41, 5.74) is 1.82. The molecule has 0 N–H and O–H groups in total. The summed E-state index contributed by atoms with van der Waals surface area (Å²) in [6.07, 6.45) is 12.4. The zero-order valence-electron chi connectivity index (χ0n) is 21.2. The van der Waals surface area contributed by atoms with Crippen molar-refractivity contribution in [3.63, 3.8) is 0 Å². The predicted molar refractivity (Wildman–Crippen MR) is 135 cm³/mol. The first kappa shape index (κ1) is 22.2. The Morgan fingerprint density at radius 3 is 2.47 bits per heavy atom. The molecule has 34 heavy (non-hydrogen) atoms. The zero-order chi connectivity index (χ0) is 23.7. The van der Waals surface area contributed by atoms with Crippen molar-refractivity contribution < 1.29 is 9.53 Å². The third-order valence-corrected chi connectivity index (χ3v) is 10.7. The molecule has 4 aliphatic rings. The normalized spacial score (nSPS) is 41.5. The average molecular weight is 461 g/mol. The van der Waals surface area contributed by atoms with E-state index in [0.717, 1.165) is 36.3 Å². The number of likely N-dealkylation sites (tertiary alicyclic amines) is 1. The minimum atomic E-state index is 0.272. The SMILES string of the molecule is CC1C[C@H]2N(C)C(=O)CC[C@]2(C)[C@H]2CC[C@]3(C)C[C@@H](Oc4ccc(-n5cccc5)cc4)C[C@H]3C12. The number of hydrogen-bond donors (Lipinski definition) is 0. The number of carbonyl (C=O) groups excluding carboxylic acids is 1. The van der Waals surface area contributed by atoms with Crippen LogP contribution in [0.4, 0.5) is 0 Å². The number of piperidine rings is 1. The second kappa shape index (κ2) is 7.90. The fourth-order valence-corrected chi connectivity index (χ4v) is 8.94. The second-order valence-electron chi connectivity index (χ2n) is 12.5. The first-order valence-electron chi connectivity index (χ1n) is 13.4. The van der Waals surface area contributed by atoms with E-state index < -0.39 is 0 Å². The fourth-order valence-electron chi connectivity index (χ4n) is 8.94. The minimum Gasteiger partial charge on any atom is -0.490 e. The summed E-state index contributed by atoms with van der Waals surface area (Å²) < 4.78 is 8.75. The van der Waals surface area contributed by atoms with E-state index in [9.17, 15) is 4.79 Å². The highest BCUT2D eigenvalue weighted by Gasteiger charge is 2.62. The largest absolute Gasteiger partial charge is 0.490 e. The maximum absolute atomic E-state index is 12.5. The van der Waals surface area contributed by atoms with Gasteiger partial charge in [0.25, 0.3) is 0 Å². The smallest absolute Gasteiger partial charge is 0.222 e. The van der Waals surface area contributed by atoms with Gasteiger partial charge in [0.15, 0.2) is 0 Å². The summed E-state index contributed by atoms with van der Waals surface area (Å²) in [7, 11) is 2.06. The summed E-state index contributed by atoms with van der Waals surface area (Å²) in [5.74, 6) is 4.23. The monoisotopic (exact) mass is 460 g/mol. The number of fused-ring (bicyclic) bond motifs is 5.